The lowest BCUT2D eigenvalue weighted by Crippen LogP contribution is -2.03. The average Bonchev–Trinajstić information content (AvgIpc) is 3.27. The van der Waals surface area contributed by atoms with Crippen molar-refractivity contribution in [2.24, 2.45) is 7.05 Å². The van der Waals surface area contributed by atoms with Gasteiger partial charge in [-0.15, -0.1) is 0 Å². The molecule has 0 atom stereocenters. The molecule has 0 bridgehead atoms. The van der Waals surface area contributed by atoms with Crippen LogP contribution in [0.5, 0.6) is 5.75 Å². The Balaban J connectivity index is 1.72. The summed E-state index contributed by atoms with van der Waals surface area (Å²) in [5.41, 5.74) is 12.5. The summed E-state index contributed by atoms with van der Waals surface area (Å²) in [6.07, 6.45) is 5.58. The molecule has 0 aliphatic heterocycles. The van der Waals surface area contributed by atoms with Gasteiger partial charge in [-0.1, -0.05) is 109 Å². The van der Waals surface area contributed by atoms with E-state index in [1.54, 1.807) is 0 Å². The van der Waals surface area contributed by atoms with Crippen LogP contribution >= 0.6 is 0 Å². The summed E-state index contributed by atoms with van der Waals surface area (Å²) < 4.78 is 8.11. The van der Waals surface area contributed by atoms with Crippen molar-refractivity contribution in [1.82, 2.24) is 4.57 Å². The zero-order chi connectivity index (χ0) is 26.8. The highest BCUT2D eigenvalue weighted by Gasteiger charge is 2.26. The molecule has 1 aliphatic rings. The minimum absolute atomic E-state index is 0.663. The predicted octanol–water partition coefficient (Wildman–Crippen LogP) is 9.48. The summed E-state index contributed by atoms with van der Waals surface area (Å²) in [6, 6.07) is 39.0. The molecule has 1 aromatic heterocycles. The highest BCUT2D eigenvalue weighted by atomic mass is 16.5. The van der Waals surface area contributed by atoms with Crippen molar-refractivity contribution in [2.45, 2.75) is 20.3 Å². The Kier molecular flexibility index (Phi) is 6.77. The molecule has 39 heavy (non-hydrogen) atoms. The first-order valence-corrected chi connectivity index (χ1v) is 13.7. The molecule has 0 amide bonds. The molecule has 0 radical (unpaired) electrons. The lowest BCUT2D eigenvalue weighted by atomic mass is 9.80. The van der Waals surface area contributed by atoms with Crippen LogP contribution in [0, 0.1) is 0 Å². The molecule has 2 heteroatoms. The zero-order valence-corrected chi connectivity index (χ0v) is 22.8. The number of hydrogen-bond donors (Lipinski definition) is 0. The number of aryl methyl sites for hydroxylation is 1. The Morgan fingerprint density at radius 2 is 1.44 bits per heavy atom. The van der Waals surface area contributed by atoms with Crippen molar-refractivity contribution in [2.75, 3.05) is 6.61 Å². The lowest BCUT2D eigenvalue weighted by molar-refractivity contribution is 0.340. The van der Waals surface area contributed by atoms with E-state index in [1.165, 1.54) is 61.1 Å². The van der Waals surface area contributed by atoms with Crippen LogP contribution in [0.4, 0.5) is 0 Å². The Morgan fingerprint density at radius 3 is 2.15 bits per heavy atom. The topological polar surface area (TPSA) is 14.2 Å². The molecule has 1 heterocycles. The third-order valence-electron chi connectivity index (χ3n) is 7.59. The quantitative estimate of drug-likeness (QED) is 0.223. The molecule has 0 saturated heterocycles. The Morgan fingerprint density at radius 1 is 0.769 bits per heavy atom. The highest BCUT2D eigenvalue weighted by Crippen LogP contribution is 2.46. The number of aromatic nitrogens is 1. The Hall–Kier alpha value is -4.56. The van der Waals surface area contributed by atoms with Gasteiger partial charge in [0, 0.05) is 23.5 Å². The summed E-state index contributed by atoms with van der Waals surface area (Å²) in [5, 5.41) is 1.26. The van der Waals surface area contributed by atoms with Crippen molar-refractivity contribution in [3.05, 3.63) is 149 Å². The molecular formula is C37H33NO. The number of hydrogen-bond acceptors (Lipinski definition) is 1. The van der Waals surface area contributed by atoms with Crippen LogP contribution in [-0.2, 0) is 7.05 Å². The van der Waals surface area contributed by atoms with Crippen LogP contribution in [0.25, 0.3) is 33.3 Å². The largest absolute Gasteiger partial charge is 0.494 e. The van der Waals surface area contributed by atoms with Crippen molar-refractivity contribution in [1.29, 1.82) is 0 Å². The minimum atomic E-state index is 0.663. The fourth-order valence-electron chi connectivity index (χ4n) is 5.88. The van der Waals surface area contributed by atoms with Gasteiger partial charge in [0.05, 0.1) is 12.3 Å². The molecule has 2 nitrogen and oxygen atoms in total. The number of benzene rings is 4. The van der Waals surface area contributed by atoms with Crippen molar-refractivity contribution >= 4 is 22.0 Å². The Labute approximate surface area is 231 Å². The molecule has 0 saturated carbocycles. The third kappa shape index (κ3) is 4.53. The van der Waals surface area contributed by atoms with E-state index >= 15 is 0 Å². The first-order valence-electron chi connectivity index (χ1n) is 13.7. The zero-order valence-electron chi connectivity index (χ0n) is 22.8. The normalized spacial score (nSPS) is 14.6. The second kappa shape index (κ2) is 10.7. The van der Waals surface area contributed by atoms with E-state index < -0.39 is 0 Å². The SMILES string of the molecule is CCOc1ccc(C2=C(C)CC=CC2=C(c2ccccc2)c2c(-c3ccccc3)n(C)c3ccccc23)cc1. The maximum absolute atomic E-state index is 5.76. The van der Waals surface area contributed by atoms with Gasteiger partial charge in [-0.3, -0.25) is 0 Å². The molecule has 0 spiro atoms. The second-order valence-corrected chi connectivity index (χ2v) is 10.0. The summed E-state index contributed by atoms with van der Waals surface area (Å²) in [4.78, 5) is 0. The van der Waals surface area contributed by atoms with Gasteiger partial charge in [-0.25, -0.2) is 0 Å². The number of nitrogens with zero attached hydrogens (tertiary/aromatic N) is 1. The van der Waals surface area contributed by atoms with Crippen molar-refractivity contribution in [3.8, 4) is 17.0 Å². The predicted molar refractivity (Wildman–Crippen MR) is 165 cm³/mol. The summed E-state index contributed by atoms with van der Waals surface area (Å²) in [7, 11) is 2.19. The first kappa shape index (κ1) is 24.8. The van der Waals surface area contributed by atoms with E-state index in [9.17, 15) is 0 Å². The number of rotatable bonds is 6. The van der Waals surface area contributed by atoms with Gasteiger partial charge in [0.2, 0.25) is 0 Å². The highest BCUT2D eigenvalue weighted by molar-refractivity contribution is 6.09. The monoisotopic (exact) mass is 507 g/mol. The van der Waals surface area contributed by atoms with E-state index in [1.807, 2.05) is 6.92 Å². The maximum Gasteiger partial charge on any atom is 0.119 e. The van der Waals surface area contributed by atoms with Crippen LogP contribution in [0.1, 0.15) is 37.0 Å². The standard InChI is InChI=1S/C37H33NO/c1-4-39-30-24-22-28(23-25-30)34-26(2)14-13-20-32(34)35(27-15-7-5-8-16-27)36-31-19-11-12-21-33(31)38(3)37(36)29-17-9-6-10-18-29/h5-13,15-25H,4,14H2,1-3H3. The van der Waals surface area contributed by atoms with Gasteiger partial charge in [0.25, 0.3) is 0 Å². The van der Waals surface area contributed by atoms with Gasteiger partial charge in [-0.05, 0) is 71.9 Å². The third-order valence-corrected chi connectivity index (χ3v) is 7.59. The van der Waals surface area contributed by atoms with Crippen LogP contribution in [0.15, 0.2) is 132 Å². The first-order chi connectivity index (χ1) is 19.2. The van der Waals surface area contributed by atoms with Gasteiger partial charge in [0.1, 0.15) is 5.75 Å². The summed E-state index contributed by atoms with van der Waals surface area (Å²) in [6.45, 7) is 4.95. The van der Waals surface area contributed by atoms with Crippen molar-refractivity contribution < 1.29 is 4.74 Å². The number of allylic oxidation sites excluding steroid dienone is 5. The molecule has 5 aromatic rings. The van der Waals surface area contributed by atoms with E-state index in [0.717, 1.165) is 12.2 Å². The van der Waals surface area contributed by atoms with Crippen LogP contribution in [-0.4, -0.2) is 11.2 Å². The smallest absolute Gasteiger partial charge is 0.119 e. The maximum atomic E-state index is 5.76. The van der Waals surface area contributed by atoms with E-state index in [4.69, 9.17) is 4.74 Å². The molecule has 4 aromatic carbocycles. The fraction of sp³-hybridized carbons (Fsp3) is 0.135. The molecule has 0 unspecified atom stereocenters. The minimum Gasteiger partial charge on any atom is -0.494 e. The van der Waals surface area contributed by atoms with Gasteiger partial charge in [0.15, 0.2) is 0 Å². The number of ether oxygens (including phenoxy) is 1. The van der Waals surface area contributed by atoms with Crippen LogP contribution < -0.4 is 4.74 Å². The molecule has 6 rings (SSSR count). The van der Waals surface area contributed by atoms with Crippen molar-refractivity contribution in [3.63, 3.8) is 0 Å². The molecular weight excluding hydrogens is 474 g/mol. The van der Waals surface area contributed by atoms with Gasteiger partial charge >= 0.3 is 0 Å². The fourth-order valence-corrected chi connectivity index (χ4v) is 5.88. The van der Waals surface area contributed by atoms with Gasteiger partial charge in [-0.2, -0.15) is 0 Å². The number of para-hydroxylation sites is 1. The molecule has 192 valence electrons. The van der Waals surface area contributed by atoms with Gasteiger partial charge < -0.3 is 9.30 Å². The van der Waals surface area contributed by atoms with E-state index in [2.05, 4.69) is 140 Å². The lowest BCUT2D eigenvalue weighted by Gasteiger charge is -2.23. The van der Waals surface area contributed by atoms with Crippen LogP contribution in [0.2, 0.25) is 0 Å². The summed E-state index contributed by atoms with van der Waals surface area (Å²) >= 11 is 0. The summed E-state index contributed by atoms with van der Waals surface area (Å²) in [5.74, 6) is 0.903. The molecule has 0 N–H and O–H groups in total. The molecule has 0 fully saturated rings. The Bertz CT molecular complexity index is 1720. The second-order valence-electron chi connectivity index (χ2n) is 10.0. The number of fused-ring (bicyclic) bond motifs is 1. The average molecular weight is 508 g/mol. The van der Waals surface area contributed by atoms with E-state index in [0.29, 0.717) is 6.61 Å². The molecule has 1 aliphatic carbocycles. The van der Waals surface area contributed by atoms with E-state index in [-0.39, 0.29) is 0 Å². The van der Waals surface area contributed by atoms with Crippen LogP contribution in [0.3, 0.4) is 0 Å².